The lowest BCUT2D eigenvalue weighted by atomic mass is 10.1. The second kappa shape index (κ2) is 12.9. The first-order valence-corrected chi connectivity index (χ1v) is 8.87. The lowest BCUT2D eigenvalue weighted by molar-refractivity contribution is 0.153. The molecule has 0 saturated carbocycles. The fraction of sp³-hybridized carbons (Fsp3) is 0.526. The molecule has 1 atom stereocenters. The molecule has 0 bridgehead atoms. The van der Waals surface area contributed by atoms with Gasteiger partial charge in [-0.15, -0.1) is 24.0 Å². The van der Waals surface area contributed by atoms with Crippen molar-refractivity contribution in [2.45, 2.75) is 32.8 Å². The minimum atomic E-state index is -0.267. The molecule has 0 saturated heterocycles. The number of guanidine groups is 1. The Morgan fingerprint density at radius 1 is 1.31 bits per heavy atom. The Hall–Kier alpha value is -1.35. The molecule has 1 aromatic carbocycles. The van der Waals surface area contributed by atoms with Gasteiger partial charge in [0.05, 0.1) is 19.8 Å². The Labute approximate surface area is 172 Å². The molecule has 0 aliphatic carbocycles. The van der Waals surface area contributed by atoms with Crippen molar-refractivity contribution < 1.29 is 13.9 Å². The van der Waals surface area contributed by atoms with Gasteiger partial charge in [-0.05, 0) is 51.0 Å². The van der Waals surface area contributed by atoms with Gasteiger partial charge in [0.15, 0.2) is 5.96 Å². The minimum Gasteiger partial charge on any atom is -0.489 e. The molecule has 0 spiro atoms. The highest BCUT2D eigenvalue weighted by Gasteiger charge is 2.06. The van der Waals surface area contributed by atoms with Gasteiger partial charge in [-0.3, -0.25) is 0 Å². The van der Waals surface area contributed by atoms with E-state index in [-0.39, 0.29) is 35.9 Å². The highest BCUT2D eigenvalue weighted by atomic mass is 127. The first kappa shape index (κ1) is 22.7. The Kier molecular flexibility index (Phi) is 11.3. The Morgan fingerprint density at radius 3 is 2.73 bits per heavy atom. The van der Waals surface area contributed by atoms with Gasteiger partial charge in [0, 0.05) is 13.1 Å². The summed E-state index contributed by atoms with van der Waals surface area (Å²) >= 11 is 0. The third-order valence-corrected chi connectivity index (χ3v) is 3.80. The standard InChI is InChI=1S/C19H28FN3O2.HI/c1-3-21-19(22-11-8-16-9-12-24-13-10-16)23-14-15(2)25-18-6-4-17(20)5-7-18;/h4-7,9,15H,3,8,10-14H2,1-2H3,(H2,21,22,23);1H. The third-order valence-electron chi connectivity index (χ3n) is 3.80. The molecule has 1 unspecified atom stereocenters. The van der Waals surface area contributed by atoms with Crippen LogP contribution < -0.4 is 15.4 Å². The summed E-state index contributed by atoms with van der Waals surface area (Å²) in [5.74, 6) is 1.16. The van der Waals surface area contributed by atoms with Crippen molar-refractivity contribution in [1.29, 1.82) is 0 Å². The fourth-order valence-corrected chi connectivity index (χ4v) is 2.48. The second-order valence-corrected chi connectivity index (χ2v) is 5.97. The number of nitrogens with zero attached hydrogens (tertiary/aromatic N) is 1. The molecule has 1 aliphatic heterocycles. The zero-order valence-electron chi connectivity index (χ0n) is 15.5. The van der Waals surface area contributed by atoms with E-state index in [4.69, 9.17) is 9.47 Å². The van der Waals surface area contributed by atoms with Crippen LogP contribution in [0.15, 0.2) is 40.9 Å². The maximum Gasteiger partial charge on any atom is 0.191 e. The van der Waals surface area contributed by atoms with Gasteiger partial charge in [0.1, 0.15) is 17.7 Å². The number of nitrogens with one attached hydrogen (secondary N) is 2. The maximum atomic E-state index is 12.9. The van der Waals surface area contributed by atoms with E-state index in [2.05, 4.69) is 21.7 Å². The molecule has 1 heterocycles. The molecule has 26 heavy (non-hydrogen) atoms. The van der Waals surface area contributed by atoms with E-state index < -0.39 is 0 Å². The quantitative estimate of drug-likeness (QED) is 0.261. The topological polar surface area (TPSA) is 54.9 Å². The number of benzene rings is 1. The van der Waals surface area contributed by atoms with E-state index in [0.29, 0.717) is 12.3 Å². The summed E-state index contributed by atoms with van der Waals surface area (Å²) in [5, 5.41) is 6.58. The number of halogens is 2. The lowest BCUT2D eigenvalue weighted by Crippen LogP contribution is -2.38. The van der Waals surface area contributed by atoms with E-state index >= 15 is 0 Å². The molecule has 7 heteroatoms. The van der Waals surface area contributed by atoms with Gasteiger partial charge in [-0.1, -0.05) is 11.6 Å². The Bertz CT molecular complexity index is 579. The van der Waals surface area contributed by atoms with Crippen molar-refractivity contribution in [3.8, 4) is 5.75 Å². The van der Waals surface area contributed by atoms with Gasteiger partial charge >= 0.3 is 0 Å². The van der Waals surface area contributed by atoms with Crippen molar-refractivity contribution in [3.05, 3.63) is 41.7 Å². The van der Waals surface area contributed by atoms with Gasteiger partial charge in [-0.25, -0.2) is 9.38 Å². The van der Waals surface area contributed by atoms with Gasteiger partial charge < -0.3 is 20.1 Å². The second-order valence-electron chi connectivity index (χ2n) is 5.97. The SMILES string of the molecule is CCNC(=NCC(C)Oc1ccc(F)cc1)NCCC1=CCOCC1.I. The van der Waals surface area contributed by atoms with Gasteiger partial charge in [0.2, 0.25) is 0 Å². The molecule has 0 amide bonds. The molecule has 2 rings (SSSR count). The first-order chi connectivity index (χ1) is 12.2. The van der Waals surface area contributed by atoms with Crippen LogP contribution in [0, 0.1) is 5.82 Å². The van der Waals surface area contributed by atoms with Crippen molar-refractivity contribution in [2.24, 2.45) is 4.99 Å². The molecule has 0 radical (unpaired) electrons. The average molecular weight is 477 g/mol. The number of ether oxygens (including phenoxy) is 2. The predicted octanol–water partition coefficient (Wildman–Crippen LogP) is 3.50. The van der Waals surface area contributed by atoms with Crippen LogP contribution >= 0.6 is 24.0 Å². The summed E-state index contributed by atoms with van der Waals surface area (Å²) in [4.78, 5) is 4.56. The van der Waals surface area contributed by atoms with Crippen LogP contribution in [0.25, 0.3) is 0 Å². The molecular formula is C19H29FIN3O2. The van der Waals surface area contributed by atoms with Crippen LogP contribution in [0.1, 0.15) is 26.7 Å². The summed E-state index contributed by atoms with van der Waals surface area (Å²) < 4.78 is 24.0. The highest BCUT2D eigenvalue weighted by molar-refractivity contribution is 14.0. The lowest BCUT2D eigenvalue weighted by Gasteiger charge is -2.17. The molecule has 0 aromatic heterocycles. The summed E-state index contributed by atoms with van der Waals surface area (Å²) in [5.41, 5.74) is 1.43. The van der Waals surface area contributed by atoms with Crippen LogP contribution in [0.4, 0.5) is 4.39 Å². The smallest absolute Gasteiger partial charge is 0.191 e. The van der Waals surface area contributed by atoms with Crippen LogP contribution in [-0.2, 0) is 4.74 Å². The highest BCUT2D eigenvalue weighted by Crippen LogP contribution is 2.13. The number of hydrogen-bond donors (Lipinski definition) is 2. The molecule has 0 fully saturated rings. The van der Waals surface area contributed by atoms with Crippen molar-refractivity contribution >= 4 is 29.9 Å². The monoisotopic (exact) mass is 477 g/mol. The first-order valence-electron chi connectivity index (χ1n) is 8.87. The number of hydrogen-bond acceptors (Lipinski definition) is 3. The molecule has 5 nitrogen and oxygen atoms in total. The Balaban J connectivity index is 0.00000338. The van der Waals surface area contributed by atoms with E-state index in [1.807, 2.05) is 13.8 Å². The zero-order valence-corrected chi connectivity index (χ0v) is 17.8. The molecular weight excluding hydrogens is 448 g/mol. The largest absolute Gasteiger partial charge is 0.489 e. The maximum absolute atomic E-state index is 12.9. The molecule has 2 N–H and O–H groups in total. The summed E-state index contributed by atoms with van der Waals surface area (Å²) in [7, 11) is 0. The predicted molar refractivity (Wildman–Crippen MR) is 114 cm³/mol. The summed E-state index contributed by atoms with van der Waals surface area (Å²) in [6.07, 6.45) is 4.07. The summed E-state index contributed by atoms with van der Waals surface area (Å²) in [6.45, 7) is 7.68. The van der Waals surface area contributed by atoms with Crippen LogP contribution in [0.3, 0.4) is 0 Å². The number of aliphatic imine (C=N–C) groups is 1. The third kappa shape index (κ3) is 8.84. The van der Waals surface area contributed by atoms with Crippen LogP contribution in [0.5, 0.6) is 5.75 Å². The van der Waals surface area contributed by atoms with Crippen LogP contribution in [0.2, 0.25) is 0 Å². The molecule has 1 aliphatic rings. The Morgan fingerprint density at radius 2 is 2.08 bits per heavy atom. The minimum absolute atomic E-state index is 0. The normalized spacial score (nSPS) is 15.5. The van der Waals surface area contributed by atoms with E-state index in [0.717, 1.165) is 45.1 Å². The van der Waals surface area contributed by atoms with Gasteiger partial charge in [0.25, 0.3) is 0 Å². The van der Waals surface area contributed by atoms with Crippen molar-refractivity contribution in [1.82, 2.24) is 10.6 Å². The number of rotatable bonds is 8. The fourth-order valence-electron chi connectivity index (χ4n) is 2.48. The van der Waals surface area contributed by atoms with Crippen molar-refractivity contribution in [3.63, 3.8) is 0 Å². The van der Waals surface area contributed by atoms with E-state index in [1.54, 1.807) is 12.1 Å². The van der Waals surface area contributed by atoms with Crippen molar-refractivity contribution in [2.75, 3.05) is 32.8 Å². The molecule has 1 aromatic rings. The van der Waals surface area contributed by atoms with Crippen LogP contribution in [-0.4, -0.2) is 44.9 Å². The van der Waals surface area contributed by atoms with E-state index in [1.165, 1.54) is 17.7 Å². The zero-order chi connectivity index (χ0) is 17.9. The summed E-state index contributed by atoms with van der Waals surface area (Å²) in [6, 6.07) is 6.03. The van der Waals surface area contributed by atoms with E-state index in [9.17, 15) is 4.39 Å². The van der Waals surface area contributed by atoms with Gasteiger partial charge in [-0.2, -0.15) is 0 Å². The average Bonchev–Trinajstić information content (AvgIpc) is 2.62. The molecule has 146 valence electrons.